The molecule has 1 aromatic carbocycles. The van der Waals surface area contributed by atoms with Crippen molar-refractivity contribution in [3.8, 4) is 0 Å². The summed E-state index contributed by atoms with van der Waals surface area (Å²) in [5.41, 5.74) is 3.47. The number of benzene rings is 1. The minimum atomic E-state index is 0.292. The third-order valence-electron chi connectivity index (χ3n) is 4.20. The number of fused-ring (bicyclic) bond motifs is 1. The first-order chi connectivity index (χ1) is 9.79. The number of anilines is 1. The molecule has 0 spiro atoms. The maximum atomic E-state index is 9.07. The van der Waals surface area contributed by atoms with Crippen molar-refractivity contribution in [3.63, 3.8) is 0 Å². The highest BCUT2D eigenvalue weighted by Gasteiger charge is 2.25. The maximum Gasteiger partial charge on any atom is 0.0726 e. The molecule has 0 bridgehead atoms. The lowest BCUT2D eigenvalue weighted by atomic mass is 10.1. The van der Waals surface area contributed by atoms with Crippen molar-refractivity contribution in [1.82, 2.24) is 4.98 Å². The van der Waals surface area contributed by atoms with Gasteiger partial charge < -0.3 is 10.0 Å². The number of hydrogen-bond acceptors (Lipinski definition) is 3. The second-order valence-electron chi connectivity index (χ2n) is 5.66. The SMILES string of the molecule is Cc1cc(N2CCCC2CCCO)c2ccccc2n1. The Hall–Kier alpha value is -1.61. The van der Waals surface area contributed by atoms with Crippen molar-refractivity contribution < 1.29 is 5.11 Å². The van der Waals surface area contributed by atoms with Gasteiger partial charge in [-0.15, -0.1) is 0 Å². The van der Waals surface area contributed by atoms with Gasteiger partial charge in [0, 0.05) is 36.0 Å². The van der Waals surface area contributed by atoms with E-state index in [-0.39, 0.29) is 0 Å². The number of nitrogens with zero attached hydrogens (tertiary/aromatic N) is 2. The summed E-state index contributed by atoms with van der Waals surface area (Å²) in [6.07, 6.45) is 4.44. The molecular weight excluding hydrogens is 248 g/mol. The molecule has 2 aromatic rings. The van der Waals surface area contributed by atoms with Crippen LogP contribution in [0.4, 0.5) is 5.69 Å². The van der Waals surface area contributed by atoms with E-state index in [2.05, 4.69) is 41.1 Å². The maximum absolute atomic E-state index is 9.07. The van der Waals surface area contributed by atoms with E-state index in [1.54, 1.807) is 0 Å². The van der Waals surface area contributed by atoms with Crippen LogP contribution in [-0.4, -0.2) is 29.3 Å². The van der Waals surface area contributed by atoms with Gasteiger partial charge in [0.2, 0.25) is 0 Å². The molecule has 1 atom stereocenters. The summed E-state index contributed by atoms with van der Waals surface area (Å²) in [6.45, 7) is 3.47. The fraction of sp³-hybridized carbons (Fsp3) is 0.471. The van der Waals surface area contributed by atoms with E-state index in [1.807, 2.05) is 6.07 Å². The van der Waals surface area contributed by atoms with Crippen LogP contribution in [0.2, 0.25) is 0 Å². The van der Waals surface area contributed by atoms with Gasteiger partial charge in [0.15, 0.2) is 0 Å². The molecule has 3 nitrogen and oxygen atoms in total. The Morgan fingerprint density at radius 3 is 3.05 bits per heavy atom. The number of aryl methyl sites for hydroxylation is 1. The van der Waals surface area contributed by atoms with Crippen LogP contribution < -0.4 is 4.90 Å². The summed E-state index contributed by atoms with van der Waals surface area (Å²) in [5, 5.41) is 10.3. The highest BCUT2D eigenvalue weighted by Crippen LogP contribution is 2.33. The zero-order chi connectivity index (χ0) is 13.9. The molecule has 1 N–H and O–H groups in total. The smallest absolute Gasteiger partial charge is 0.0726 e. The quantitative estimate of drug-likeness (QED) is 0.926. The van der Waals surface area contributed by atoms with Gasteiger partial charge in [-0.25, -0.2) is 0 Å². The van der Waals surface area contributed by atoms with Gasteiger partial charge in [0.25, 0.3) is 0 Å². The molecule has 0 amide bonds. The molecule has 2 heterocycles. The first-order valence-electron chi connectivity index (χ1n) is 7.53. The van der Waals surface area contributed by atoms with Crippen LogP contribution in [-0.2, 0) is 0 Å². The first kappa shape index (κ1) is 13.4. The largest absolute Gasteiger partial charge is 0.396 e. The van der Waals surface area contributed by atoms with E-state index in [0.29, 0.717) is 12.6 Å². The number of aliphatic hydroxyl groups is 1. The minimum Gasteiger partial charge on any atom is -0.396 e. The number of rotatable bonds is 4. The average Bonchev–Trinajstić information content (AvgIpc) is 2.92. The molecule has 20 heavy (non-hydrogen) atoms. The molecule has 1 aromatic heterocycles. The van der Waals surface area contributed by atoms with Gasteiger partial charge >= 0.3 is 0 Å². The summed E-state index contributed by atoms with van der Waals surface area (Å²) >= 11 is 0. The molecular formula is C17H22N2O. The second kappa shape index (κ2) is 5.80. The zero-order valence-electron chi connectivity index (χ0n) is 12.0. The van der Waals surface area contributed by atoms with Crippen LogP contribution in [0.25, 0.3) is 10.9 Å². The normalized spacial score (nSPS) is 18.9. The lowest BCUT2D eigenvalue weighted by Crippen LogP contribution is -2.29. The predicted molar refractivity (Wildman–Crippen MR) is 83.2 cm³/mol. The van der Waals surface area contributed by atoms with Crippen LogP contribution in [0.3, 0.4) is 0 Å². The first-order valence-corrected chi connectivity index (χ1v) is 7.53. The lowest BCUT2D eigenvalue weighted by molar-refractivity contribution is 0.279. The molecule has 1 aliphatic heterocycles. The Labute approximate surface area is 120 Å². The number of pyridine rings is 1. The Bertz CT molecular complexity index is 597. The Morgan fingerprint density at radius 1 is 1.35 bits per heavy atom. The van der Waals surface area contributed by atoms with E-state index in [1.165, 1.54) is 23.9 Å². The van der Waals surface area contributed by atoms with Gasteiger partial charge in [-0.3, -0.25) is 4.98 Å². The highest BCUT2D eigenvalue weighted by atomic mass is 16.2. The Balaban J connectivity index is 2.00. The zero-order valence-corrected chi connectivity index (χ0v) is 12.0. The fourth-order valence-corrected chi connectivity index (χ4v) is 3.30. The summed E-state index contributed by atoms with van der Waals surface area (Å²) in [6, 6.07) is 11.2. The van der Waals surface area contributed by atoms with Gasteiger partial charge in [0.1, 0.15) is 0 Å². The fourth-order valence-electron chi connectivity index (χ4n) is 3.30. The number of hydrogen-bond donors (Lipinski definition) is 1. The molecule has 1 unspecified atom stereocenters. The summed E-state index contributed by atoms with van der Waals surface area (Å²) < 4.78 is 0. The Morgan fingerprint density at radius 2 is 2.20 bits per heavy atom. The molecule has 1 aliphatic rings. The second-order valence-corrected chi connectivity index (χ2v) is 5.66. The molecule has 1 saturated heterocycles. The number of aliphatic hydroxyl groups excluding tert-OH is 1. The summed E-state index contributed by atoms with van der Waals surface area (Å²) in [5.74, 6) is 0. The van der Waals surface area contributed by atoms with Crippen molar-refractivity contribution in [3.05, 3.63) is 36.0 Å². The van der Waals surface area contributed by atoms with Crippen LogP contribution in [0, 0.1) is 6.92 Å². The van der Waals surface area contributed by atoms with Crippen molar-refractivity contribution >= 4 is 16.6 Å². The number of para-hydroxylation sites is 1. The summed E-state index contributed by atoms with van der Waals surface area (Å²) in [4.78, 5) is 7.15. The molecule has 3 rings (SSSR count). The van der Waals surface area contributed by atoms with Crippen LogP contribution in [0.5, 0.6) is 0 Å². The van der Waals surface area contributed by atoms with Crippen molar-refractivity contribution in [2.45, 2.75) is 38.6 Å². The highest BCUT2D eigenvalue weighted by molar-refractivity contribution is 5.92. The average molecular weight is 270 g/mol. The summed E-state index contributed by atoms with van der Waals surface area (Å²) in [7, 11) is 0. The van der Waals surface area contributed by atoms with E-state index in [0.717, 1.165) is 30.6 Å². The van der Waals surface area contributed by atoms with Gasteiger partial charge in [-0.1, -0.05) is 18.2 Å². The van der Waals surface area contributed by atoms with Gasteiger partial charge in [-0.05, 0) is 44.7 Å². The third-order valence-corrected chi connectivity index (χ3v) is 4.20. The standard InChI is InChI=1S/C17H22N2O/c1-13-12-17(15-8-2-3-9-16(15)18-13)19-10-4-6-14(19)7-5-11-20/h2-3,8-9,12,14,20H,4-7,10-11H2,1H3. The third kappa shape index (κ3) is 2.50. The van der Waals surface area contributed by atoms with E-state index in [9.17, 15) is 0 Å². The molecule has 3 heteroatoms. The molecule has 0 radical (unpaired) electrons. The van der Waals surface area contributed by atoms with Crippen molar-refractivity contribution in [2.75, 3.05) is 18.1 Å². The predicted octanol–water partition coefficient (Wildman–Crippen LogP) is 3.28. The van der Waals surface area contributed by atoms with Gasteiger partial charge in [-0.2, -0.15) is 0 Å². The number of aromatic nitrogens is 1. The van der Waals surface area contributed by atoms with Crippen LogP contribution >= 0.6 is 0 Å². The van der Waals surface area contributed by atoms with Gasteiger partial charge in [0.05, 0.1) is 5.52 Å². The van der Waals surface area contributed by atoms with Crippen molar-refractivity contribution in [2.24, 2.45) is 0 Å². The molecule has 0 aliphatic carbocycles. The molecule has 0 saturated carbocycles. The topological polar surface area (TPSA) is 36.4 Å². The van der Waals surface area contributed by atoms with Crippen LogP contribution in [0.1, 0.15) is 31.4 Å². The molecule has 1 fully saturated rings. The van der Waals surface area contributed by atoms with E-state index in [4.69, 9.17) is 5.11 Å². The molecule has 106 valence electrons. The monoisotopic (exact) mass is 270 g/mol. The van der Waals surface area contributed by atoms with Crippen LogP contribution in [0.15, 0.2) is 30.3 Å². The lowest BCUT2D eigenvalue weighted by Gasteiger charge is -2.28. The van der Waals surface area contributed by atoms with Crippen molar-refractivity contribution in [1.29, 1.82) is 0 Å². The van der Waals surface area contributed by atoms with E-state index >= 15 is 0 Å². The van der Waals surface area contributed by atoms with E-state index < -0.39 is 0 Å². The minimum absolute atomic E-state index is 0.292. The Kier molecular flexibility index (Phi) is 3.88.